The van der Waals surface area contributed by atoms with Gasteiger partial charge in [0, 0.05) is 6.20 Å². The molecule has 0 aliphatic heterocycles. The summed E-state index contributed by atoms with van der Waals surface area (Å²) >= 11 is 0. The van der Waals surface area contributed by atoms with Crippen LogP contribution < -0.4 is 5.32 Å². The number of nitrogens with one attached hydrogen (secondary N) is 1. The number of hydrogen-bond donors (Lipinski definition) is 2. The number of para-hydroxylation sites is 1. The Hall–Kier alpha value is -2.43. The van der Waals surface area contributed by atoms with Crippen molar-refractivity contribution in [3.05, 3.63) is 54.1 Å². The molecule has 0 unspecified atom stereocenters. The second kappa shape index (κ2) is 4.61. The highest BCUT2D eigenvalue weighted by Crippen LogP contribution is 2.18. The summed E-state index contributed by atoms with van der Waals surface area (Å²) < 4.78 is 13.2. The van der Waals surface area contributed by atoms with Gasteiger partial charge in [-0.3, -0.25) is 9.78 Å². The Morgan fingerprint density at radius 1 is 1.29 bits per heavy atom. The number of phenols is 1. The van der Waals surface area contributed by atoms with Crippen molar-refractivity contribution in [1.82, 2.24) is 4.98 Å². The molecule has 0 saturated carbocycles. The van der Waals surface area contributed by atoms with Crippen LogP contribution in [0.15, 0.2) is 42.7 Å². The molecule has 0 radical (unpaired) electrons. The number of benzene rings is 1. The zero-order chi connectivity index (χ0) is 12.3. The van der Waals surface area contributed by atoms with E-state index in [0.717, 1.165) is 6.20 Å². The number of aromatic hydroxyl groups is 1. The van der Waals surface area contributed by atoms with Crippen molar-refractivity contribution >= 4 is 11.6 Å². The minimum Gasteiger partial charge on any atom is -0.507 e. The lowest BCUT2D eigenvalue weighted by molar-refractivity contribution is 0.102. The number of carbonyl (C=O) groups is 1. The highest BCUT2D eigenvalue weighted by molar-refractivity contribution is 6.06. The summed E-state index contributed by atoms with van der Waals surface area (Å²) in [6.07, 6.45) is 2.37. The van der Waals surface area contributed by atoms with E-state index in [0.29, 0.717) is 0 Å². The monoisotopic (exact) mass is 232 g/mol. The summed E-state index contributed by atoms with van der Waals surface area (Å²) in [4.78, 5) is 15.3. The minimum atomic E-state index is -0.628. The molecule has 0 bridgehead atoms. The Labute approximate surface area is 96.7 Å². The first kappa shape index (κ1) is 11.1. The number of hydrogen-bond acceptors (Lipinski definition) is 3. The first-order valence-corrected chi connectivity index (χ1v) is 4.87. The Morgan fingerprint density at radius 2 is 2.06 bits per heavy atom. The molecule has 0 spiro atoms. The highest BCUT2D eigenvalue weighted by atomic mass is 19.1. The molecule has 0 aliphatic rings. The fourth-order valence-electron chi connectivity index (χ4n) is 1.33. The molecule has 0 fully saturated rings. The molecule has 2 N–H and O–H groups in total. The Morgan fingerprint density at radius 3 is 2.76 bits per heavy atom. The van der Waals surface area contributed by atoms with Gasteiger partial charge in [0.15, 0.2) is 5.82 Å². The molecule has 0 atom stereocenters. The molecule has 17 heavy (non-hydrogen) atoms. The van der Waals surface area contributed by atoms with Gasteiger partial charge in [-0.1, -0.05) is 12.1 Å². The third-order valence-electron chi connectivity index (χ3n) is 2.17. The van der Waals surface area contributed by atoms with Gasteiger partial charge in [-0.2, -0.15) is 0 Å². The number of phenolic OH excluding ortho intramolecular Hbond substituents is 1. The van der Waals surface area contributed by atoms with Crippen molar-refractivity contribution in [1.29, 1.82) is 0 Å². The van der Waals surface area contributed by atoms with Gasteiger partial charge in [0.1, 0.15) is 5.75 Å². The molecule has 0 aliphatic carbocycles. The lowest BCUT2D eigenvalue weighted by atomic mass is 10.2. The molecule has 5 heteroatoms. The Bertz CT molecular complexity index is 558. The predicted molar refractivity (Wildman–Crippen MR) is 60.3 cm³/mol. The number of rotatable bonds is 2. The van der Waals surface area contributed by atoms with Crippen LogP contribution in [0.4, 0.5) is 10.1 Å². The van der Waals surface area contributed by atoms with Gasteiger partial charge in [0.25, 0.3) is 5.91 Å². The van der Waals surface area contributed by atoms with Crippen LogP contribution in [0.2, 0.25) is 0 Å². The van der Waals surface area contributed by atoms with Gasteiger partial charge < -0.3 is 10.4 Å². The van der Waals surface area contributed by atoms with Gasteiger partial charge in [-0.15, -0.1) is 0 Å². The Balaban J connectivity index is 2.24. The van der Waals surface area contributed by atoms with Crippen LogP contribution in [0.3, 0.4) is 0 Å². The van der Waals surface area contributed by atoms with Crippen molar-refractivity contribution in [2.45, 2.75) is 0 Å². The maximum absolute atomic E-state index is 13.2. The van der Waals surface area contributed by atoms with Crippen LogP contribution in [0.25, 0.3) is 0 Å². The zero-order valence-corrected chi connectivity index (χ0v) is 8.72. The molecule has 1 amide bonds. The molecule has 0 saturated heterocycles. The molecular weight excluding hydrogens is 223 g/mol. The van der Waals surface area contributed by atoms with E-state index in [-0.39, 0.29) is 17.0 Å². The van der Waals surface area contributed by atoms with Gasteiger partial charge >= 0.3 is 0 Å². The lowest BCUT2D eigenvalue weighted by Gasteiger charge is -2.06. The summed E-state index contributed by atoms with van der Waals surface area (Å²) in [6.45, 7) is 0. The topological polar surface area (TPSA) is 62.2 Å². The Kier molecular flexibility index (Phi) is 3.00. The quantitative estimate of drug-likeness (QED) is 0.834. The molecule has 86 valence electrons. The van der Waals surface area contributed by atoms with E-state index in [1.165, 1.54) is 24.4 Å². The van der Waals surface area contributed by atoms with Gasteiger partial charge in [-0.05, 0) is 18.2 Å². The summed E-state index contributed by atoms with van der Waals surface area (Å²) in [5.74, 6) is -1.36. The maximum atomic E-state index is 13.2. The number of aromatic nitrogens is 1. The van der Waals surface area contributed by atoms with Crippen molar-refractivity contribution < 1.29 is 14.3 Å². The van der Waals surface area contributed by atoms with E-state index in [4.69, 9.17) is 0 Å². The average molecular weight is 232 g/mol. The molecule has 1 aromatic carbocycles. The smallest absolute Gasteiger partial charge is 0.259 e. The largest absolute Gasteiger partial charge is 0.507 e. The molecule has 4 nitrogen and oxygen atoms in total. The fourth-order valence-corrected chi connectivity index (χ4v) is 1.33. The summed E-state index contributed by atoms with van der Waals surface area (Å²) in [7, 11) is 0. The maximum Gasteiger partial charge on any atom is 0.259 e. The van der Waals surface area contributed by atoms with E-state index >= 15 is 0 Å². The minimum absolute atomic E-state index is 0.0215. The number of amides is 1. The third kappa shape index (κ3) is 2.39. The van der Waals surface area contributed by atoms with Crippen molar-refractivity contribution in [3.63, 3.8) is 0 Å². The zero-order valence-electron chi connectivity index (χ0n) is 8.72. The van der Waals surface area contributed by atoms with E-state index in [1.54, 1.807) is 12.1 Å². The number of halogens is 1. The number of carbonyl (C=O) groups excluding carboxylic acids is 1. The summed E-state index contributed by atoms with van der Waals surface area (Å²) in [5.41, 5.74) is 0.108. The van der Waals surface area contributed by atoms with E-state index in [1.807, 2.05) is 0 Å². The number of nitrogens with zero attached hydrogens (tertiary/aromatic N) is 1. The molecule has 1 heterocycles. The molecular formula is C12H9FN2O2. The normalized spacial score (nSPS) is 9.94. The van der Waals surface area contributed by atoms with Crippen LogP contribution in [0, 0.1) is 5.82 Å². The first-order valence-electron chi connectivity index (χ1n) is 4.87. The first-order chi connectivity index (χ1) is 8.18. The van der Waals surface area contributed by atoms with E-state index in [2.05, 4.69) is 10.3 Å². The van der Waals surface area contributed by atoms with Crippen molar-refractivity contribution in [3.8, 4) is 5.75 Å². The van der Waals surface area contributed by atoms with Gasteiger partial charge in [0.2, 0.25) is 0 Å². The summed E-state index contributed by atoms with van der Waals surface area (Å²) in [5, 5.41) is 11.8. The van der Waals surface area contributed by atoms with Gasteiger partial charge in [-0.25, -0.2) is 4.39 Å². The molecule has 2 aromatic rings. The third-order valence-corrected chi connectivity index (χ3v) is 2.17. The van der Waals surface area contributed by atoms with Crippen LogP contribution >= 0.6 is 0 Å². The van der Waals surface area contributed by atoms with Crippen LogP contribution in [-0.2, 0) is 0 Å². The van der Waals surface area contributed by atoms with Gasteiger partial charge in [0.05, 0.1) is 17.4 Å². The molecule has 2 rings (SSSR count). The van der Waals surface area contributed by atoms with Crippen molar-refractivity contribution in [2.24, 2.45) is 0 Å². The standard InChI is InChI=1S/C12H9FN2O2/c13-9-7-14-6-5-10(9)15-12(17)8-3-1-2-4-11(8)16/h1-7,16H,(H,14,15,17). The average Bonchev–Trinajstić information content (AvgIpc) is 2.32. The molecule has 1 aromatic heterocycles. The number of anilines is 1. The lowest BCUT2D eigenvalue weighted by Crippen LogP contribution is -2.13. The number of pyridine rings is 1. The second-order valence-corrected chi connectivity index (χ2v) is 3.33. The van der Waals surface area contributed by atoms with E-state index in [9.17, 15) is 14.3 Å². The SMILES string of the molecule is O=C(Nc1ccncc1F)c1ccccc1O. The predicted octanol–water partition coefficient (Wildman–Crippen LogP) is 2.18. The second-order valence-electron chi connectivity index (χ2n) is 3.33. The van der Waals surface area contributed by atoms with Crippen LogP contribution in [0.5, 0.6) is 5.75 Å². The van der Waals surface area contributed by atoms with Crippen LogP contribution in [-0.4, -0.2) is 16.0 Å². The summed E-state index contributed by atoms with van der Waals surface area (Å²) in [6, 6.07) is 7.38. The highest BCUT2D eigenvalue weighted by Gasteiger charge is 2.12. The van der Waals surface area contributed by atoms with Crippen LogP contribution in [0.1, 0.15) is 10.4 Å². The van der Waals surface area contributed by atoms with E-state index < -0.39 is 11.7 Å². The van der Waals surface area contributed by atoms with Crippen molar-refractivity contribution in [2.75, 3.05) is 5.32 Å². The fraction of sp³-hybridized carbons (Fsp3) is 0.